The highest BCUT2D eigenvalue weighted by Crippen LogP contribution is 2.40. The smallest absolute Gasteiger partial charge is 0.147 e. The number of rotatable bonds is 2. The van der Waals surface area contributed by atoms with Gasteiger partial charge in [-0.2, -0.15) is 5.10 Å². The fourth-order valence-electron chi connectivity index (χ4n) is 1.96. The van der Waals surface area contributed by atoms with E-state index < -0.39 is 0 Å². The van der Waals surface area contributed by atoms with Crippen LogP contribution in [0.25, 0.3) is 11.3 Å². The maximum atomic E-state index is 6.21. The third-order valence-electron chi connectivity index (χ3n) is 3.13. The summed E-state index contributed by atoms with van der Waals surface area (Å²) in [7, 11) is 3.41. The normalized spacial score (nSPS) is 10.7. The van der Waals surface area contributed by atoms with E-state index in [0.717, 1.165) is 22.4 Å². The fraction of sp³-hybridized carbons (Fsp3) is 0.308. The molecule has 0 aliphatic rings. The number of hydrogen-bond donors (Lipinski definition) is 1. The molecule has 1 aromatic heterocycles. The number of benzene rings is 1. The van der Waals surface area contributed by atoms with E-state index in [2.05, 4.69) is 5.10 Å². The third kappa shape index (κ3) is 1.93. The molecule has 96 valence electrons. The van der Waals surface area contributed by atoms with Crippen molar-refractivity contribution in [2.24, 2.45) is 7.05 Å². The SMILES string of the molecule is COc1c(Cl)cc(C)c(C)c1-c1cc(N)n(C)n1. The molecule has 4 nitrogen and oxygen atoms in total. The fourth-order valence-corrected chi connectivity index (χ4v) is 2.30. The van der Waals surface area contributed by atoms with Gasteiger partial charge in [0.1, 0.15) is 11.6 Å². The van der Waals surface area contributed by atoms with E-state index in [9.17, 15) is 0 Å². The molecule has 0 saturated carbocycles. The zero-order valence-corrected chi connectivity index (χ0v) is 11.7. The maximum Gasteiger partial charge on any atom is 0.147 e. The first-order valence-corrected chi connectivity index (χ1v) is 5.97. The van der Waals surface area contributed by atoms with Gasteiger partial charge < -0.3 is 10.5 Å². The van der Waals surface area contributed by atoms with Crippen LogP contribution in [0.2, 0.25) is 5.02 Å². The number of aryl methyl sites for hydroxylation is 2. The van der Waals surface area contributed by atoms with Crippen LogP contribution < -0.4 is 10.5 Å². The van der Waals surface area contributed by atoms with Crippen LogP contribution in [0.4, 0.5) is 5.82 Å². The van der Waals surface area contributed by atoms with E-state index in [-0.39, 0.29) is 0 Å². The molecule has 5 heteroatoms. The summed E-state index contributed by atoms with van der Waals surface area (Å²) in [6.45, 7) is 4.03. The molecule has 0 spiro atoms. The molecule has 0 unspecified atom stereocenters. The Hall–Kier alpha value is -1.68. The molecule has 1 aromatic carbocycles. The van der Waals surface area contributed by atoms with E-state index in [4.69, 9.17) is 22.1 Å². The van der Waals surface area contributed by atoms with Crippen molar-refractivity contribution in [3.05, 3.63) is 28.3 Å². The zero-order chi connectivity index (χ0) is 13.4. The summed E-state index contributed by atoms with van der Waals surface area (Å²) < 4.78 is 7.02. The minimum atomic E-state index is 0.583. The summed E-state index contributed by atoms with van der Waals surface area (Å²) in [4.78, 5) is 0. The van der Waals surface area contributed by atoms with Gasteiger partial charge in [-0.15, -0.1) is 0 Å². The number of nitrogen functional groups attached to an aromatic ring is 1. The van der Waals surface area contributed by atoms with Crippen molar-refractivity contribution in [2.75, 3.05) is 12.8 Å². The Morgan fingerprint density at radius 2 is 2.00 bits per heavy atom. The molecule has 2 rings (SSSR count). The number of halogens is 1. The average Bonchev–Trinajstić information content (AvgIpc) is 2.63. The molecular formula is C13H16ClN3O. The Kier molecular flexibility index (Phi) is 3.22. The highest BCUT2D eigenvalue weighted by Gasteiger charge is 2.18. The number of anilines is 1. The van der Waals surface area contributed by atoms with E-state index in [1.165, 1.54) is 0 Å². The number of methoxy groups -OCH3 is 1. The molecule has 0 radical (unpaired) electrons. The van der Waals surface area contributed by atoms with Gasteiger partial charge in [0.05, 0.1) is 17.8 Å². The predicted octanol–water partition coefficient (Wildman–Crippen LogP) is 2.95. The maximum absolute atomic E-state index is 6.21. The Bertz CT molecular complexity index is 585. The molecule has 2 aromatic rings. The van der Waals surface area contributed by atoms with Crippen molar-refractivity contribution in [1.29, 1.82) is 0 Å². The highest BCUT2D eigenvalue weighted by molar-refractivity contribution is 6.32. The molecular weight excluding hydrogens is 250 g/mol. The van der Waals surface area contributed by atoms with E-state index >= 15 is 0 Å². The van der Waals surface area contributed by atoms with Crippen LogP contribution in [-0.4, -0.2) is 16.9 Å². The van der Waals surface area contributed by atoms with E-state index in [0.29, 0.717) is 16.6 Å². The molecule has 0 aliphatic carbocycles. The largest absolute Gasteiger partial charge is 0.494 e. The van der Waals surface area contributed by atoms with Gasteiger partial charge in [0.2, 0.25) is 0 Å². The molecule has 18 heavy (non-hydrogen) atoms. The molecule has 1 heterocycles. The van der Waals surface area contributed by atoms with Crippen LogP contribution in [0.3, 0.4) is 0 Å². The van der Waals surface area contributed by atoms with Crippen molar-refractivity contribution in [1.82, 2.24) is 9.78 Å². The van der Waals surface area contributed by atoms with Crippen molar-refractivity contribution in [2.45, 2.75) is 13.8 Å². The number of hydrogen-bond acceptors (Lipinski definition) is 3. The van der Waals surface area contributed by atoms with Crippen LogP contribution >= 0.6 is 11.6 Å². The van der Waals surface area contributed by atoms with Crippen molar-refractivity contribution < 1.29 is 4.74 Å². The summed E-state index contributed by atoms with van der Waals surface area (Å²) in [5, 5.41) is 4.97. The van der Waals surface area contributed by atoms with Crippen molar-refractivity contribution in [3.63, 3.8) is 0 Å². The monoisotopic (exact) mass is 265 g/mol. The average molecular weight is 266 g/mol. The summed E-state index contributed by atoms with van der Waals surface area (Å²) in [5.41, 5.74) is 9.68. The van der Waals surface area contributed by atoms with Gasteiger partial charge in [0, 0.05) is 18.7 Å². The third-order valence-corrected chi connectivity index (χ3v) is 3.41. The van der Waals surface area contributed by atoms with Gasteiger partial charge in [0.25, 0.3) is 0 Å². The topological polar surface area (TPSA) is 53.1 Å². The first-order valence-electron chi connectivity index (χ1n) is 5.59. The molecule has 0 amide bonds. The first kappa shape index (κ1) is 12.8. The number of ether oxygens (including phenoxy) is 1. The Balaban J connectivity index is 2.76. The second-order valence-corrected chi connectivity index (χ2v) is 4.69. The summed E-state index contributed by atoms with van der Waals surface area (Å²) in [6.07, 6.45) is 0. The minimum Gasteiger partial charge on any atom is -0.494 e. The summed E-state index contributed by atoms with van der Waals surface area (Å²) in [6, 6.07) is 3.71. The second-order valence-electron chi connectivity index (χ2n) is 4.29. The molecule has 0 atom stereocenters. The van der Waals surface area contributed by atoms with Crippen LogP contribution in [0.15, 0.2) is 12.1 Å². The van der Waals surface area contributed by atoms with E-state index in [1.54, 1.807) is 18.8 Å². The van der Waals surface area contributed by atoms with Gasteiger partial charge in [0.15, 0.2) is 0 Å². The van der Waals surface area contributed by atoms with Crippen LogP contribution in [0.1, 0.15) is 11.1 Å². The number of aromatic nitrogens is 2. The Morgan fingerprint density at radius 1 is 1.33 bits per heavy atom. The minimum absolute atomic E-state index is 0.583. The number of nitrogens with zero attached hydrogens (tertiary/aromatic N) is 2. The second kappa shape index (κ2) is 4.53. The standard InChI is InChI=1S/C13H16ClN3O/c1-7-5-9(14)13(18-4)12(8(7)2)10-6-11(15)17(3)16-10/h5-6H,15H2,1-4H3. The van der Waals surface area contributed by atoms with Gasteiger partial charge in [-0.05, 0) is 31.0 Å². The lowest BCUT2D eigenvalue weighted by Crippen LogP contribution is -1.98. The van der Waals surface area contributed by atoms with Crippen LogP contribution in [0.5, 0.6) is 5.75 Å². The van der Waals surface area contributed by atoms with Gasteiger partial charge in [-0.3, -0.25) is 4.68 Å². The summed E-state index contributed by atoms with van der Waals surface area (Å²) in [5.74, 6) is 1.24. The van der Waals surface area contributed by atoms with Crippen LogP contribution in [0, 0.1) is 13.8 Å². The molecule has 0 fully saturated rings. The van der Waals surface area contributed by atoms with Crippen molar-refractivity contribution >= 4 is 17.4 Å². The number of nitrogens with two attached hydrogens (primary N) is 1. The lowest BCUT2D eigenvalue weighted by molar-refractivity contribution is 0.416. The van der Waals surface area contributed by atoms with Gasteiger partial charge in [-0.1, -0.05) is 11.6 Å². The molecule has 0 bridgehead atoms. The van der Waals surface area contributed by atoms with Crippen LogP contribution in [-0.2, 0) is 7.05 Å². The molecule has 0 saturated heterocycles. The quantitative estimate of drug-likeness (QED) is 0.908. The predicted molar refractivity (Wildman–Crippen MR) is 74.1 cm³/mol. The first-order chi connectivity index (χ1) is 8.45. The van der Waals surface area contributed by atoms with Crippen molar-refractivity contribution in [3.8, 4) is 17.0 Å². The molecule has 0 aliphatic heterocycles. The Labute approximate surface area is 111 Å². The van der Waals surface area contributed by atoms with Gasteiger partial charge >= 0.3 is 0 Å². The zero-order valence-electron chi connectivity index (χ0n) is 10.9. The lowest BCUT2D eigenvalue weighted by atomic mass is 9.99. The summed E-state index contributed by atoms with van der Waals surface area (Å²) >= 11 is 6.21. The van der Waals surface area contributed by atoms with E-state index in [1.807, 2.05) is 26.0 Å². The molecule has 2 N–H and O–H groups in total. The van der Waals surface area contributed by atoms with Gasteiger partial charge in [-0.25, -0.2) is 0 Å². The Morgan fingerprint density at radius 3 is 2.50 bits per heavy atom. The highest BCUT2D eigenvalue weighted by atomic mass is 35.5. The lowest BCUT2D eigenvalue weighted by Gasteiger charge is -2.13.